The molecule has 0 aliphatic heterocycles. The number of hydrogen-bond donors (Lipinski definition) is 3. The Labute approximate surface area is 102 Å². The maximum Gasteiger partial charge on any atom is 0.311 e. The molecule has 1 unspecified atom stereocenters. The van der Waals surface area contributed by atoms with E-state index in [9.17, 15) is 9.59 Å². The second kappa shape index (κ2) is 6.00. The van der Waals surface area contributed by atoms with Gasteiger partial charge < -0.3 is 15.7 Å². The van der Waals surface area contributed by atoms with Gasteiger partial charge in [-0.1, -0.05) is 6.92 Å². The van der Waals surface area contributed by atoms with Gasteiger partial charge in [0.05, 0.1) is 12.0 Å². The molecule has 1 aliphatic carbocycles. The topological polar surface area (TPSA) is 78.4 Å². The van der Waals surface area contributed by atoms with Gasteiger partial charge >= 0.3 is 5.97 Å². The second-order valence-electron chi connectivity index (χ2n) is 5.07. The van der Waals surface area contributed by atoms with Crippen molar-refractivity contribution in [3.8, 4) is 0 Å². The van der Waals surface area contributed by atoms with Crippen LogP contribution in [0.15, 0.2) is 0 Å². The summed E-state index contributed by atoms with van der Waals surface area (Å²) in [4.78, 5) is 22.5. The highest BCUT2D eigenvalue weighted by molar-refractivity contribution is 5.80. The molecule has 1 fully saturated rings. The van der Waals surface area contributed by atoms with Gasteiger partial charge in [0, 0.05) is 6.54 Å². The third kappa shape index (κ3) is 4.73. The molecule has 0 saturated heterocycles. The van der Waals surface area contributed by atoms with Crippen LogP contribution >= 0.6 is 0 Å². The summed E-state index contributed by atoms with van der Waals surface area (Å²) in [7, 11) is 0. The number of hydrogen-bond acceptors (Lipinski definition) is 3. The molecule has 1 atom stereocenters. The molecule has 0 spiro atoms. The first-order chi connectivity index (χ1) is 7.98. The molecule has 5 heteroatoms. The van der Waals surface area contributed by atoms with Crippen LogP contribution in [0.2, 0.25) is 0 Å². The van der Waals surface area contributed by atoms with Crippen LogP contribution in [0.3, 0.4) is 0 Å². The first-order valence-electron chi connectivity index (χ1n) is 6.19. The first-order valence-corrected chi connectivity index (χ1v) is 6.19. The lowest BCUT2D eigenvalue weighted by atomic mass is 9.88. The highest BCUT2D eigenvalue weighted by atomic mass is 16.4. The van der Waals surface area contributed by atoms with Gasteiger partial charge in [-0.3, -0.25) is 9.59 Å². The lowest BCUT2D eigenvalue weighted by Crippen LogP contribution is -2.43. The zero-order chi connectivity index (χ0) is 12.9. The van der Waals surface area contributed by atoms with Crippen molar-refractivity contribution in [1.82, 2.24) is 10.6 Å². The molecule has 0 heterocycles. The van der Waals surface area contributed by atoms with Crippen molar-refractivity contribution >= 4 is 11.9 Å². The Balaban J connectivity index is 2.18. The molecular weight excluding hydrogens is 220 g/mol. The van der Waals surface area contributed by atoms with Gasteiger partial charge in [-0.05, 0) is 38.6 Å². The van der Waals surface area contributed by atoms with Crippen LogP contribution in [0.1, 0.15) is 33.1 Å². The smallest absolute Gasteiger partial charge is 0.311 e. The van der Waals surface area contributed by atoms with Crippen molar-refractivity contribution < 1.29 is 14.7 Å². The van der Waals surface area contributed by atoms with Crippen molar-refractivity contribution in [2.45, 2.75) is 33.1 Å². The minimum Gasteiger partial charge on any atom is -0.481 e. The molecular formula is C12H22N2O3. The van der Waals surface area contributed by atoms with Crippen LogP contribution in [-0.2, 0) is 9.59 Å². The molecule has 0 aromatic rings. The SMILES string of the molecule is CCC(C)(CNC(=O)CNCC1CC1)C(=O)O. The van der Waals surface area contributed by atoms with Crippen LogP contribution in [-0.4, -0.2) is 36.6 Å². The second-order valence-corrected chi connectivity index (χ2v) is 5.07. The van der Waals surface area contributed by atoms with Gasteiger partial charge in [0.15, 0.2) is 0 Å². The van der Waals surface area contributed by atoms with E-state index in [1.165, 1.54) is 12.8 Å². The summed E-state index contributed by atoms with van der Waals surface area (Å²) in [6, 6.07) is 0. The van der Waals surface area contributed by atoms with Crippen molar-refractivity contribution in [2.24, 2.45) is 11.3 Å². The van der Waals surface area contributed by atoms with Gasteiger partial charge in [-0.15, -0.1) is 0 Å². The van der Waals surface area contributed by atoms with Crippen molar-refractivity contribution in [1.29, 1.82) is 0 Å². The Morgan fingerprint density at radius 3 is 2.53 bits per heavy atom. The summed E-state index contributed by atoms with van der Waals surface area (Å²) in [6.45, 7) is 4.80. The largest absolute Gasteiger partial charge is 0.481 e. The Morgan fingerprint density at radius 1 is 1.41 bits per heavy atom. The van der Waals surface area contributed by atoms with E-state index in [0.29, 0.717) is 6.42 Å². The van der Waals surface area contributed by atoms with Gasteiger partial charge in [-0.2, -0.15) is 0 Å². The van der Waals surface area contributed by atoms with E-state index in [4.69, 9.17) is 5.11 Å². The summed E-state index contributed by atoms with van der Waals surface area (Å²) >= 11 is 0. The number of rotatable bonds is 8. The normalized spacial score (nSPS) is 18.5. The van der Waals surface area contributed by atoms with Gasteiger partial charge in [-0.25, -0.2) is 0 Å². The van der Waals surface area contributed by atoms with Crippen molar-refractivity contribution in [3.05, 3.63) is 0 Å². The van der Waals surface area contributed by atoms with Crippen LogP contribution in [0.4, 0.5) is 0 Å². The zero-order valence-corrected chi connectivity index (χ0v) is 10.6. The fourth-order valence-corrected chi connectivity index (χ4v) is 1.42. The standard InChI is InChI=1S/C12H22N2O3/c1-3-12(2,11(16)17)8-14-10(15)7-13-6-9-4-5-9/h9,13H,3-8H2,1-2H3,(H,14,15)(H,16,17). The average Bonchev–Trinajstić information content (AvgIpc) is 3.09. The van der Waals surface area contributed by atoms with Crippen LogP contribution in [0.5, 0.6) is 0 Å². The summed E-state index contributed by atoms with van der Waals surface area (Å²) < 4.78 is 0. The Morgan fingerprint density at radius 2 is 2.06 bits per heavy atom. The molecule has 1 saturated carbocycles. The highest BCUT2D eigenvalue weighted by Gasteiger charge is 2.31. The molecule has 3 N–H and O–H groups in total. The zero-order valence-electron chi connectivity index (χ0n) is 10.6. The Kier molecular flexibility index (Phi) is 4.93. The first kappa shape index (κ1) is 14.0. The van der Waals surface area contributed by atoms with E-state index in [1.54, 1.807) is 6.92 Å². The molecule has 5 nitrogen and oxygen atoms in total. The third-order valence-electron chi connectivity index (χ3n) is 3.39. The number of amides is 1. The van der Waals surface area contributed by atoms with Crippen LogP contribution < -0.4 is 10.6 Å². The van der Waals surface area contributed by atoms with Crippen LogP contribution in [0, 0.1) is 11.3 Å². The number of carboxylic acid groups (broad SMARTS) is 1. The molecule has 0 aromatic carbocycles. The van der Waals surface area contributed by atoms with Crippen LogP contribution in [0.25, 0.3) is 0 Å². The molecule has 1 aliphatic rings. The maximum absolute atomic E-state index is 11.5. The predicted octanol–water partition coefficient (Wildman–Crippen LogP) is 0.603. The third-order valence-corrected chi connectivity index (χ3v) is 3.39. The van der Waals surface area contributed by atoms with E-state index in [0.717, 1.165) is 12.5 Å². The molecule has 1 amide bonds. The number of carbonyl (C=O) groups is 2. The van der Waals surface area contributed by atoms with E-state index in [2.05, 4.69) is 10.6 Å². The van der Waals surface area contributed by atoms with Gasteiger partial charge in [0.2, 0.25) is 5.91 Å². The lowest BCUT2D eigenvalue weighted by molar-refractivity contribution is -0.148. The maximum atomic E-state index is 11.5. The summed E-state index contributed by atoms with van der Waals surface area (Å²) in [5.74, 6) is -0.263. The van der Waals surface area contributed by atoms with E-state index < -0.39 is 11.4 Å². The minimum atomic E-state index is -0.869. The number of carboxylic acids is 1. The average molecular weight is 242 g/mol. The Hall–Kier alpha value is -1.10. The minimum absolute atomic E-state index is 0.133. The molecule has 0 aromatic heterocycles. The molecule has 0 radical (unpaired) electrons. The monoisotopic (exact) mass is 242 g/mol. The molecule has 17 heavy (non-hydrogen) atoms. The van der Waals surface area contributed by atoms with E-state index >= 15 is 0 Å². The molecule has 1 rings (SSSR count). The lowest BCUT2D eigenvalue weighted by Gasteiger charge is -2.23. The summed E-state index contributed by atoms with van der Waals surface area (Å²) in [6.07, 6.45) is 3.00. The highest BCUT2D eigenvalue weighted by Crippen LogP contribution is 2.27. The predicted molar refractivity (Wildman–Crippen MR) is 64.6 cm³/mol. The molecule has 98 valence electrons. The fraction of sp³-hybridized carbons (Fsp3) is 0.833. The number of aliphatic carboxylic acids is 1. The number of nitrogens with one attached hydrogen (secondary N) is 2. The quantitative estimate of drug-likeness (QED) is 0.582. The molecule has 0 bridgehead atoms. The van der Waals surface area contributed by atoms with E-state index in [-0.39, 0.29) is 19.0 Å². The van der Waals surface area contributed by atoms with Crippen molar-refractivity contribution in [2.75, 3.05) is 19.6 Å². The number of carbonyl (C=O) groups excluding carboxylic acids is 1. The van der Waals surface area contributed by atoms with Crippen molar-refractivity contribution in [3.63, 3.8) is 0 Å². The van der Waals surface area contributed by atoms with Gasteiger partial charge in [0.25, 0.3) is 0 Å². The Bertz CT molecular complexity index is 289. The van der Waals surface area contributed by atoms with Gasteiger partial charge in [0.1, 0.15) is 0 Å². The summed E-state index contributed by atoms with van der Waals surface area (Å²) in [5, 5.41) is 14.8. The fourth-order valence-electron chi connectivity index (χ4n) is 1.42. The van der Waals surface area contributed by atoms with E-state index in [1.807, 2.05) is 6.92 Å². The summed E-state index contributed by atoms with van der Waals surface area (Å²) in [5.41, 5.74) is -0.869.